The van der Waals surface area contributed by atoms with Gasteiger partial charge in [0.15, 0.2) is 5.69 Å². The van der Waals surface area contributed by atoms with Crippen LogP contribution >= 0.6 is 0 Å². The number of hydrogen-bond donors (Lipinski definition) is 2. The van der Waals surface area contributed by atoms with Crippen LogP contribution in [-0.2, 0) is 17.5 Å². The van der Waals surface area contributed by atoms with Crippen LogP contribution in [0.1, 0.15) is 82.3 Å². The molecular formula is C24H34F3N7O. The second-order valence-corrected chi connectivity index (χ2v) is 10.2. The lowest BCUT2D eigenvalue weighted by Crippen LogP contribution is -2.40. The van der Waals surface area contributed by atoms with Crippen molar-refractivity contribution in [3.05, 3.63) is 29.6 Å². The zero-order valence-electron chi connectivity index (χ0n) is 20.7. The molecule has 0 saturated carbocycles. The maximum absolute atomic E-state index is 13.5. The third-order valence-corrected chi connectivity index (χ3v) is 7.20. The van der Waals surface area contributed by atoms with Gasteiger partial charge in [0.05, 0.1) is 0 Å². The summed E-state index contributed by atoms with van der Waals surface area (Å²) >= 11 is 0. The van der Waals surface area contributed by atoms with Crippen LogP contribution in [0, 0.1) is 0 Å². The average Bonchev–Trinajstić information content (AvgIpc) is 3.23. The molecule has 0 aliphatic carbocycles. The summed E-state index contributed by atoms with van der Waals surface area (Å²) in [6.07, 6.45) is 0.759. The Balaban J connectivity index is 1.50. The van der Waals surface area contributed by atoms with Crippen molar-refractivity contribution in [2.45, 2.75) is 83.5 Å². The first-order valence-corrected chi connectivity index (χ1v) is 12.3. The summed E-state index contributed by atoms with van der Waals surface area (Å²) < 4.78 is 42.1. The zero-order valence-corrected chi connectivity index (χ0v) is 20.7. The predicted octanol–water partition coefficient (Wildman–Crippen LogP) is 4.30. The van der Waals surface area contributed by atoms with Crippen molar-refractivity contribution in [1.82, 2.24) is 24.8 Å². The Morgan fingerprint density at radius 1 is 1.20 bits per heavy atom. The van der Waals surface area contributed by atoms with E-state index < -0.39 is 11.9 Å². The summed E-state index contributed by atoms with van der Waals surface area (Å²) in [5, 5.41) is 6.24. The molecule has 4 rings (SSSR count). The van der Waals surface area contributed by atoms with Crippen LogP contribution < -0.4 is 15.5 Å². The Bertz CT molecular complexity index is 1060. The van der Waals surface area contributed by atoms with Crippen molar-refractivity contribution in [2.75, 3.05) is 29.9 Å². The van der Waals surface area contributed by atoms with E-state index >= 15 is 0 Å². The van der Waals surface area contributed by atoms with E-state index in [1.165, 1.54) is 6.33 Å². The van der Waals surface area contributed by atoms with Gasteiger partial charge in [0.1, 0.15) is 23.8 Å². The van der Waals surface area contributed by atoms with Gasteiger partial charge in [0.25, 0.3) is 0 Å². The topological polar surface area (TPSA) is 88.0 Å². The number of anilines is 2. The summed E-state index contributed by atoms with van der Waals surface area (Å²) in [6, 6.07) is 0. The highest BCUT2D eigenvalue weighted by atomic mass is 19.4. The minimum atomic E-state index is -4.47. The molecule has 1 amide bonds. The molecule has 2 aromatic heterocycles. The fourth-order valence-electron chi connectivity index (χ4n) is 4.82. The highest BCUT2D eigenvalue weighted by Gasteiger charge is 2.37. The van der Waals surface area contributed by atoms with Gasteiger partial charge in [-0.3, -0.25) is 4.79 Å². The summed E-state index contributed by atoms with van der Waals surface area (Å²) in [6.45, 7) is 10.5. The van der Waals surface area contributed by atoms with Gasteiger partial charge >= 0.3 is 6.18 Å². The van der Waals surface area contributed by atoms with Crippen LogP contribution in [0.15, 0.2) is 12.5 Å². The molecule has 2 aromatic rings. The van der Waals surface area contributed by atoms with Crippen molar-refractivity contribution in [3.63, 3.8) is 0 Å². The first-order chi connectivity index (χ1) is 16.5. The second-order valence-electron chi connectivity index (χ2n) is 10.2. The van der Waals surface area contributed by atoms with Crippen LogP contribution in [-0.4, -0.2) is 50.6 Å². The van der Waals surface area contributed by atoms with Gasteiger partial charge in [-0.05, 0) is 39.0 Å². The lowest BCUT2D eigenvalue weighted by Gasteiger charge is -2.35. The Morgan fingerprint density at radius 3 is 2.57 bits per heavy atom. The van der Waals surface area contributed by atoms with Crippen LogP contribution in [0.2, 0.25) is 0 Å². The van der Waals surface area contributed by atoms with Gasteiger partial charge in [-0.15, -0.1) is 0 Å². The van der Waals surface area contributed by atoms with E-state index in [0.29, 0.717) is 57.1 Å². The molecule has 0 radical (unpaired) electrons. The van der Waals surface area contributed by atoms with Crippen molar-refractivity contribution in [1.29, 1.82) is 0 Å². The molecule has 0 spiro atoms. The number of halogens is 3. The number of nitrogens with one attached hydrogen (secondary N) is 2. The number of imidazole rings is 1. The molecule has 2 aliphatic rings. The van der Waals surface area contributed by atoms with E-state index in [1.54, 1.807) is 4.57 Å². The number of hydrogen-bond acceptors (Lipinski definition) is 6. The van der Waals surface area contributed by atoms with Crippen molar-refractivity contribution in [3.8, 4) is 0 Å². The first kappa shape index (κ1) is 25.4. The molecule has 1 fully saturated rings. The fourth-order valence-corrected chi connectivity index (χ4v) is 4.82. The molecule has 4 heterocycles. The molecule has 8 nitrogen and oxygen atoms in total. The van der Waals surface area contributed by atoms with E-state index in [9.17, 15) is 18.0 Å². The van der Waals surface area contributed by atoms with Crippen molar-refractivity contribution in [2.24, 2.45) is 0 Å². The minimum Gasteiger partial charge on any atom is -0.356 e. The summed E-state index contributed by atoms with van der Waals surface area (Å²) in [4.78, 5) is 26.8. The summed E-state index contributed by atoms with van der Waals surface area (Å²) in [7, 11) is 0. The van der Waals surface area contributed by atoms with Gasteiger partial charge in [-0.2, -0.15) is 13.2 Å². The maximum atomic E-state index is 13.5. The molecular weight excluding hydrogens is 459 g/mol. The maximum Gasteiger partial charge on any atom is 0.434 e. The highest BCUT2D eigenvalue weighted by Crippen LogP contribution is 2.39. The number of piperidine rings is 1. The number of nitrogens with zero attached hydrogens (tertiary/aromatic N) is 5. The number of fused-ring (bicyclic) bond motifs is 1. The normalized spacial score (nSPS) is 19.6. The quantitative estimate of drug-likeness (QED) is 0.598. The van der Waals surface area contributed by atoms with E-state index in [-0.39, 0.29) is 23.3 Å². The monoisotopic (exact) mass is 493 g/mol. The van der Waals surface area contributed by atoms with Crippen molar-refractivity contribution >= 4 is 17.5 Å². The SMILES string of the molecule is CCC(C)(C)NCCn1cc(C(F)(F)F)nc1C1CCN(c2ncnc3c2[C@H](C)CC(=O)N3)CC1. The second kappa shape index (κ2) is 9.75. The number of amides is 1. The van der Waals surface area contributed by atoms with Gasteiger partial charge in [0.2, 0.25) is 5.91 Å². The molecule has 0 unspecified atom stereocenters. The molecule has 35 heavy (non-hydrogen) atoms. The standard InChI is InChI=1S/C24H34F3N7O/c1-5-23(3,4)30-8-11-34-13-17(24(25,26)27)31-21(34)16-6-9-33(10-7-16)22-19-15(2)12-18(35)32-20(19)28-14-29-22/h13-16,30H,5-12H2,1-4H3,(H,28,29,32,35)/t15-/m1/s1. The van der Waals surface area contributed by atoms with Crippen LogP contribution in [0.3, 0.4) is 0 Å². The molecule has 0 aromatic carbocycles. The Hall–Kier alpha value is -2.69. The van der Waals surface area contributed by atoms with Crippen molar-refractivity contribution < 1.29 is 18.0 Å². The number of alkyl halides is 3. The average molecular weight is 494 g/mol. The van der Waals surface area contributed by atoms with Gasteiger partial charge in [-0.25, -0.2) is 15.0 Å². The number of rotatable bonds is 7. The largest absolute Gasteiger partial charge is 0.434 e. The summed E-state index contributed by atoms with van der Waals surface area (Å²) in [5.41, 5.74) is 0.0156. The molecule has 1 saturated heterocycles. The summed E-state index contributed by atoms with van der Waals surface area (Å²) in [5.74, 6) is 1.72. The highest BCUT2D eigenvalue weighted by molar-refractivity contribution is 5.94. The van der Waals surface area contributed by atoms with E-state index in [1.807, 2.05) is 6.92 Å². The third-order valence-electron chi connectivity index (χ3n) is 7.20. The minimum absolute atomic E-state index is 0.000729. The molecule has 2 aliphatic heterocycles. The first-order valence-electron chi connectivity index (χ1n) is 12.3. The van der Waals surface area contributed by atoms with Crippen LogP contribution in [0.5, 0.6) is 0 Å². The number of carbonyl (C=O) groups excluding carboxylic acids is 1. The van der Waals surface area contributed by atoms with E-state index in [4.69, 9.17) is 0 Å². The van der Waals surface area contributed by atoms with E-state index in [0.717, 1.165) is 24.0 Å². The predicted molar refractivity (Wildman–Crippen MR) is 127 cm³/mol. The van der Waals surface area contributed by atoms with Crippen LogP contribution in [0.25, 0.3) is 0 Å². The lowest BCUT2D eigenvalue weighted by atomic mass is 9.92. The zero-order chi connectivity index (χ0) is 25.4. The molecule has 11 heteroatoms. The molecule has 0 bridgehead atoms. The van der Waals surface area contributed by atoms with Crippen LogP contribution in [0.4, 0.5) is 24.8 Å². The Morgan fingerprint density at radius 2 is 1.91 bits per heavy atom. The van der Waals surface area contributed by atoms with E-state index in [2.05, 4.69) is 51.3 Å². The van der Waals surface area contributed by atoms with Gasteiger partial charge in [-0.1, -0.05) is 13.8 Å². The lowest BCUT2D eigenvalue weighted by molar-refractivity contribution is -0.141. The fraction of sp³-hybridized carbons (Fsp3) is 0.667. The van der Waals surface area contributed by atoms with Gasteiger partial charge in [0, 0.05) is 55.8 Å². The molecule has 1 atom stereocenters. The smallest absolute Gasteiger partial charge is 0.356 e. The molecule has 2 N–H and O–H groups in total. The van der Waals surface area contributed by atoms with Gasteiger partial charge < -0.3 is 20.1 Å². The third kappa shape index (κ3) is 5.60. The molecule has 192 valence electrons. The number of carbonyl (C=O) groups is 1. The number of aromatic nitrogens is 4. The Labute approximate surface area is 203 Å². The Kier molecular flexibility index (Phi) is 7.08.